The van der Waals surface area contributed by atoms with Crippen molar-refractivity contribution in [2.45, 2.75) is 32.6 Å². The molecule has 0 aliphatic carbocycles. The molecule has 0 spiro atoms. The van der Waals surface area contributed by atoms with Gasteiger partial charge in [0, 0.05) is 6.54 Å². The molecule has 0 fully saturated rings. The van der Waals surface area contributed by atoms with E-state index in [0.717, 1.165) is 5.56 Å². The van der Waals surface area contributed by atoms with Crippen LogP contribution in [0.3, 0.4) is 0 Å². The summed E-state index contributed by atoms with van der Waals surface area (Å²) in [6.07, 6.45) is 0. The first kappa shape index (κ1) is 13.2. The Morgan fingerprint density at radius 1 is 1.19 bits per heavy atom. The van der Waals surface area contributed by atoms with Gasteiger partial charge in [-0.1, -0.05) is 22.2 Å². The van der Waals surface area contributed by atoms with Crippen LogP contribution in [-0.4, -0.2) is 24.6 Å². The lowest BCUT2D eigenvalue weighted by atomic mass is 10.1. The predicted octanol–water partition coefficient (Wildman–Crippen LogP) is 2.01. The summed E-state index contributed by atoms with van der Waals surface area (Å²) >= 11 is 0. The number of aryl methyl sites for hydroxylation is 3. The lowest BCUT2D eigenvalue weighted by Gasteiger charge is -2.17. The minimum absolute atomic E-state index is 0.0368. The van der Waals surface area contributed by atoms with Crippen molar-refractivity contribution in [3.05, 3.63) is 28.8 Å². The van der Waals surface area contributed by atoms with E-state index in [2.05, 4.69) is 0 Å². The van der Waals surface area contributed by atoms with Crippen molar-refractivity contribution in [3.63, 3.8) is 0 Å². The number of nitrogens with zero attached hydrogens (tertiary/aromatic N) is 1. The highest BCUT2D eigenvalue weighted by molar-refractivity contribution is 7.89. The number of hydrogen-bond donors (Lipinski definition) is 1. The van der Waals surface area contributed by atoms with E-state index in [0.29, 0.717) is 15.6 Å². The molecular weight excluding hydrogens is 226 g/mol. The molecule has 0 unspecified atom stereocenters. The SMILES string of the molecule is CCN(O)S(=O)(=O)c1c(C)cc(C)cc1C. The fourth-order valence-electron chi connectivity index (χ4n) is 1.85. The summed E-state index contributed by atoms with van der Waals surface area (Å²) in [6, 6.07) is 3.59. The largest absolute Gasteiger partial charge is 0.299 e. The Morgan fingerprint density at radius 2 is 1.62 bits per heavy atom. The zero-order valence-electron chi connectivity index (χ0n) is 9.98. The summed E-state index contributed by atoms with van der Waals surface area (Å²) < 4.78 is 24.4. The second kappa shape index (κ2) is 4.53. The van der Waals surface area contributed by atoms with E-state index in [-0.39, 0.29) is 11.4 Å². The fourth-order valence-corrected chi connectivity index (χ4v) is 3.33. The number of benzene rings is 1. The molecule has 0 aliphatic heterocycles. The smallest absolute Gasteiger partial charge is 0.265 e. The second-order valence-electron chi connectivity index (χ2n) is 3.87. The van der Waals surface area contributed by atoms with Crippen LogP contribution in [0.1, 0.15) is 23.6 Å². The molecule has 1 aromatic rings. The summed E-state index contributed by atoms with van der Waals surface area (Å²) in [4.78, 5) is 0.197. The first-order chi connectivity index (χ1) is 7.30. The number of hydrogen-bond acceptors (Lipinski definition) is 3. The zero-order valence-corrected chi connectivity index (χ0v) is 10.8. The van der Waals surface area contributed by atoms with E-state index in [1.165, 1.54) is 0 Å². The topological polar surface area (TPSA) is 57.6 Å². The highest BCUT2D eigenvalue weighted by Crippen LogP contribution is 2.24. The van der Waals surface area contributed by atoms with E-state index in [9.17, 15) is 13.6 Å². The lowest BCUT2D eigenvalue weighted by Crippen LogP contribution is -2.28. The zero-order chi connectivity index (χ0) is 12.5. The monoisotopic (exact) mass is 243 g/mol. The normalized spacial score (nSPS) is 12.1. The average molecular weight is 243 g/mol. The summed E-state index contributed by atoms with van der Waals surface area (Å²) in [7, 11) is -3.78. The predicted molar refractivity (Wildman–Crippen MR) is 62.0 cm³/mol. The van der Waals surface area contributed by atoms with Gasteiger partial charge in [0.15, 0.2) is 0 Å². The van der Waals surface area contributed by atoms with Crippen LogP contribution < -0.4 is 0 Å². The van der Waals surface area contributed by atoms with Gasteiger partial charge in [0.05, 0.1) is 4.90 Å². The van der Waals surface area contributed by atoms with Gasteiger partial charge in [-0.05, 0) is 38.8 Å². The van der Waals surface area contributed by atoms with Gasteiger partial charge in [-0.15, -0.1) is 0 Å². The first-order valence-corrected chi connectivity index (χ1v) is 6.54. The lowest BCUT2D eigenvalue weighted by molar-refractivity contribution is 0.00849. The van der Waals surface area contributed by atoms with Crippen molar-refractivity contribution < 1.29 is 13.6 Å². The van der Waals surface area contributed by atoms with Gasteiger partial charge in [0.2, 0.25) is 0 Å². The maximum atomic E-state index is 12.0. The van der Waals surface area contributed by atoms with E-state index in [1.54, 1.807) is 32.9 Å². The Labute approximate surface area is 96.5 Å². The van der Waals surface area contributed by atoms with Crippen molar-refractivity contribution in [3.8, 4) is 0 Å². The van der Waals surface area contributed by atoms with E-state index in [1.807, 2.05) is 6.92 Å². The maximum Gasteiger partial charge on any atom is 0.265 e. The van der Waals surface area contributed by atoms with E-state index < -0.39 is 10.0 Å². The molecule has 0 aromatic heterocycles. The van der Waals surface area contributed by atoms with Crippen LogP contribution >= 0.6 is 0 Å². The third-order valence-corrected chi connectivity index (χ3v) is 4.38. The molecule has 0 saturated heterocycles. The van der Waals surface area contributed by atoms with Gasteiger partial charge in [0.25, 0.3) is 10.0 Å². The average Bonchev–Trinajstić information content (AvgIpc) is 2.14. The van der Waals surface area contributed by atoms with Crippen molar-refractivity contribution in [2.24, 2.45) is 0 Å². The summed E-state index contributed by atoms with van der Waals surface area (Å²) in [5, 5.41) is 9.40. The third-order valence-electron chi connectivity index (χ3n) is 2.41. The molecule has 0 bridgehead atoms. The van der Waals surface area contributed by atoms with Crippen molar-refractivity contribution >= 4 is 10.0 Å². The highest BCUT2D eigenvalue weighted by Gasteiger charge is 2.25. The minimum Gasteiger partial charge on any atom is -0.299 e. The van der Waals surface area contributed by atoms with Crippen LogP contribution in [0.4, 0.5) is 0 Å². The number of sulfonamides is 1. The standard InChI is InChI=1S/C11H17NO3S/c1-5-12(13)16(14,15)11-9(3)6-8(2)7-10(11)4/h6-7,13H,5H2,1-4H3. The molecule has 1 aromatic carbocycles. The Bertz CT molecular complexity index is 471. The Kier molecular flexibility index (Phi) is 3.72. The van der Waals surface area contributed by atoms with Gasteiger partial charge in [-0.3, -0.25) is 5.21 Å². The van der Waals surface area contributed by atoms with Crippen LogP contribution in [-0.2, 0) is 10.0 Å². The van der Waals surface area contributed by atoms with E-state index in [4.69, 9.17) is 0 Å². The fraction of sp³-hybridized carbons (Fsp3) is 0.455. The molecule has 0 amide bonds. The molecule has 0 heterocycles. The second-order valence-corrected chi connectivity index (χ2v) is 5.65. The molecule has 5 heteroatoms. The van der Waals surface area contributed by atoms with Crippen molar-refractivity contribution in [2.75, 3.05) is 6.54 Å². The Balaban J connectivity index is 3.45. The van der Waals surface area contributed by atoms with Crippen molar-refractivity contribution in [1.82, 2.24) is 4.47 Å². The summed E-state index contributed by atoms with van der Waals surface area (Å²) in [5.41, 5.74) is 2.32. The molecule has 90 valence electrons. The number of hydroxylamine groups is 1. The molecule has 0 atom stereocenters. The van der Waals surface area contributed by atoms with Crippen LogP contribution in [0, 0.1) is 20.8 Å². The van der Waals surface area contributed by atoms with Gasteiger partial charge >= 0.3 is 0 Å². The van der Waals surface area contributed by atoms with Gasteiger partial charge < -0.3 is 0 Å². The molecule has 1 rings (SSSR count). The number of rotatable bonds is 3. The molecule has 0 saturated carbocycles. The summed E-state index contributed by atoms with van der Waals surface area (Å²) in [6.45, 7) is 6.99. The van der Waals surface area contributed by atoms with Crippen LogP contribution in [0.25, 0.3) is 0 Å². The molecular formula is C11H17NO3S. The highest BCUT2D eigenvalue weighted by atomic mass is 32.2. The summed E-state index contributed by atoms with van der Waals surface area (Å²) in [5.74, 6) is 0. The first-order valence-electron chi connectivity index (χ1n) is 5.10. The third kappa shape index (κ3) is 2.26. The van der Waals surface area contributed by atoms with Crippen LogP contribution in [0.5, 0.6) is 0 Å². The molecule has 4 nitrogen and oxygen atoms in total. The van der Waals surface area contributed by atoms with Crippen molar-refractivity contribution in [1.29, 1.82) is 0 Å². The van der Waals surface area contributed by atoms with Gasteiger partial charge in [-0.25, -0.2) is 8.42 Å². The maximum absolute atomic E-state index is 12.0. The van der Waals surface area contributed by atoms with E-state index >= 15 is 0 Å². The van der Waals surface area contributed by atoms with Gasteiger partial charge in [0.1, 0.15) is 0 Å². The van der Waals surface area contributed by atoms with Crippen LogP contribution in [0.2, 0.25) is 0 Å². The Morgan fingerprint density at radius 3 is 2.00 bits per heavy atom. The molecule has 1 N–H and O–H groups in total. The molecule has 16 heavy (non-hydrogen) atoms. The molecule has 0 aliphatic rings. The van der Waals surface area contributed by atoms with Gasteiger partial charge in [-0.2, -0.15) is 0 Å². The van der Waals surface area contributed by atoms with Crippen LogP contribution in [0.15, 0.2) is 17.0 Å². The minimum atomic E-state index is -3.78. The Hall–Kier alpha value is -0.910. The quantitative estimate of drug-likeness (QED) is 0.826. The molecule has 0 radical (unpaired) electrons.